The largest absolute Gasteiger partial charge is 0.480 e. The molecule has 1 fully saturated rings. The normalized spacial score (nSPS) is 27.1. The molecule has 1 heterocycles. The molecule has 0 radical (unpaired) electrons. The topological polar surface area (TPSA) is 40.5 Å². The van der Waals surface area contributed by atoms with E-state index in [4.69, 9.17) is 0 Å². The van der Waals surface area contributed by atoms with Crippen molar-refractivity contribution in [1.29, 1.82) is 0 Å². The van der Waals surface area contributed by atoms with Crippen LogP contribution in [0.3, 0.4) is 0 Å². The van der Waals surface area contributed by atoms with E-state index in [2.05, 4.69) is 11.8 Å². The predicted molar refractivity (Wildman–Crippen MR) is 64.5 cm³/mol. The monoisotopic (exact) mass is 231 g/mol. The van der Waals surface area contributed by atoms with E-state index < -0.39 is 11.5 Å². The Bertz CT molecular complexity index is 223. The summed E-state index contributed by atoms with van der Waals surface area (Å²) in [5, 5.41) is 9.20. The maximum absolute atomic E-state index is 11.2. The smallest absolute Gasteiger partial charge is 0.323 e. The van der Waals surface area contributed by atoms with E-state index in [1.54, 1.807) is 0 Å². The first-order valence-corrected chi connectivity index (χ1v) is 6.83. The van der Waals surface area contributed by atoms with E-state index in [0.717, 1.165) is 43.9 Å². The second kappa shape index (κ2) is 5.75. The van der Waals surface area contributed by atoms with Crippen molar-refractivity contribution in [2.45, 2.75) is 38.6 Å². The average molecular weight is 231 g/mol. The molecule has 15 heavy (non-hydrogen) atoms. The molecule has 1 saturated heterocycles. The van der Waals surface area contributed by atoms with Crippen LogP contribution in [0.25, 0.3) is 0 Å². The van der Waals surface area contributed by atoms with Crippen molar-refractivity contribution in [3.63, 3.8) is 0 Å². The summed E-state index contributed by atoms with van der Waals surface area (Å²) < 4.78 is 0. The quantitative estimate of drug-likeness (QED) is 0.710. The molecule has 1 rings (SSSR count). The molecule has 3 nitrogen and oxygen atoms in total. The third-order valence-electron chi connectivity index (χ3n) is 3.17. The number of hydrogen-bond acceptors (Lipinski definition) is 3. The van der Waals surface area contributed by atoms with Crippen LogP contribution in [-0.4, -0.2) is 46.1 Å². The minimum atomic E-state index is -0.664. The molecule has 88 valence electrons. The van der Waals surface area contributed by atoms with Crippen LogP contribution in [0, 0.1) is 0 Å². The third kappa shape index (κ3) is 3.11. The van der Waals surface area contributed by atoms with Crippen molar-refractivity contribution in [2.24, 2.45) is 0 Å². The van der Waals surface area contributed by atoms with Crippen molar-refractivity contribution in [3.05, 3.63) is 0 Å². The van der Waals surface area contributed by atoms with E-state index in [9.17, 15) is 9.90 Å². The van der Waals surface area contributed by atoms with Crippen LogP contribution in [0.15, 0.2) is 0 Å². The number of carbonyl (C=O) groups is 1. The van der Waals surface area contributed by atoms with Crippen LogP contribution in [0.2, 0.25) is 0 Å². The van der Waals surface area contributed by atoms with Gasteiger partial charge in [-0.2, -0.15) is 11.8 Å². The van der Waals surface area contributed by atoms with E-state index in [-0.39, 0.29) is 0 Å². The fourth-order valence-electron chi connectivity index (χ4n) is 2.12. The highest BCUT2D eigenvalue weighted by Gasteiger charge is 2.42. The van der Waals surface area contributed by atoms with Gasteiger partial charge in [-0.3, -0.25) is 9.69 Å². The summed E-state index contributed by atoms with van der Waals surface area (Å²) in [6.07, 6.45) is 2.91. The number of likely N-dealkylation sites (tertiary alicyclic amines) is 1. The molecule has 1 unspecified atom stereocenters. The van der Waals surface area contributed by atoms with Crippen LogP contribution in [0.5, 0.6) is 0 Å². The third-order valence-corrected chi connectivity index (χ3v) is 4.16. The standard InChI is InChI=1S/C11H21NO2S/c1-3-15-9-5-8-12-7-4-6-11(12,2)10(13)14/h3-9H2,1-2H3,(H,13,14). The van der Waals surface area contributed by atoms with Gasteiger partial charge in [0.15, 0.2) is 0 Å². The molecular weight excluding hydrogens is 210 g/mol. The lowest BCUT2D eigenvalue weighted by atomic mass is 9.99. The fourth-order valence-corrected chi connectivity index (χ4v) is 2.74. The Labute approximate surface area is 96.2 Å². The van der Waals surface area contributed by atoms with E-state index in [0.29, 0.717) is 0 Å². The molecule has 0 saturated carbocycles. The lowest BCUT2D eigenvalue weighted by Crippen LogP contribution is -2.48. The van der Waals surface area contributed by atoms with Crippen molar-refractivity contribution < 1.29 is 9.90 Å². The highest BCUT2D eigenvalue weighted by atomic mass is 32.2. The van der Waals surface area contributed by atoms with Gasteiger partial charge in [0.25, 0.3) is 0 Å². The second-order valence-electron chi connectivity index (χ2n) is 4.22. The van der Waals surface area contributed by atoms with Gasteiger partial charge in [0.2, 0.25) is 0 Å². The predicted octanol–water partition coefficient (Wildman–Crippen LogP) is 2.07. The molecule has 0 spiro atoms. The zero-order valence-corrected chi connectivity index (χ0v) is 10.5. The molecule has 0 aromatic heterocycles. The number of rotatable bonds is 6. The Morgan fingerprint density at radius 1 is 1.60 bits per heavy atom. The molecule has 0 aliphatic carbocycles. The van der Waals surface area contributed by atoms with Gasteiger partial charge in [0, 0.05) is 6.54 Å². The number of carboxylic acids is 1. The van der Waals surface area contributed by atoms with Crippen molar-refractivity contribution in [2.75, 3.05) is 24.6 Å². The van der Waals surface area contributed by atoms with Crippen LogP contribution in [0.1, 0.15) is 33.1 Å². The molecule has 0 amide bonds. The zero-order chi connectivity index (χ0) is 11.3. The van der Waals surface area contributed by atoms with E-state index in [1.807, 2.05) is 18.7 Å². The minimum absolute atomic E-state index is 0.600. The van der Waals surface area contributed by atoms with Gasteiger partial charge in [0.05, 0.1) is 0 Å². The molecule has 0 bridgehead atoms. The number of nitrogens with zero attached hydrogens (tertiary/aromatic N) is 1. The summed E-state index contributed by atoms with van der Waals surface area (Å²) in [4.78, 5) is 13.3. The molecular formula is C11H21NO2S. The van der Waals surface area contributed by atoms with Gasteiger partial charge in [-0.25, -0.2) is 0 Å². The van der Waals surface area contributed by atoms with Crippen LogP contribution >= 0.6 is 11.8 Å². The molecule has 1 aliphatic heterocycles. The molecule has 1 N–H and O–H groups in total. The van der Waals surface area contributed by atoms with Gasteiger partial charge in [0.1, 0.15) is 5.54 Å². The minimum Gasteiger partial charge on any atom is -0.480 e. The van der Waals surface area contributed by atoms with Crippen LogP contribution < -0.4 is 0 Å². The summed E-state index contributed by atoms with van der Waals surface area (Å²) in [6, 6.07) is 0. The highest BCUT2D eigenvalue weighted by Crippen LogP contribution is 2.29. The summed E-state index contributed by atoms with van der Waals surface area (Å²) >= 11 is 1.93. The van der Waals surface area contributed by atoms with E-state index in [1.165, 1.54) is 0 Å². The fraction of sp³-hybridized carbons (Fsp3) is 0.909. The molecule has 1 aliphatic rings. The van der Waals surface area contributed by atoms with Gasteiger partial charge in [-0.05, 0) is 44.2 Å². The maximum Gasteiger partial charge on any atom is 0.323 e. The number of thioether (sulfide) groups is 1. The van der Waals surface area contributed by atoms with Gasteiger partial charge >= 0.3 is 5.97 Å². The molecule has 1 atom stereocenters. The Morgan fingerprint density at radius 2 is 2.33 bits per heavy atom. The summed E-state index contributed by atoms with van der Waals surface area (Å²) in [5.74, 6) is 1.63. The Balaban J connectivity index is 2.37. The molecule has 4 heteroatoms. The average Bonchev–Trinajstić information content (AvgIpc) is 2.56. The number of hydrogen-bond donors (Lipinski definition) is 1. The zero-order valence-electron chi connectivity index (χ0n) is 9.66. The first-order valence-electron chi connectivity index (χ1n) is 5.67. The van der Waals surface area contributed by atoms with Crippen molar-refractivity contribution in [1.82, 2.24) is 4.90 Å². The molecule has 0 aromatic rings. The summed E-state index contributed by atoms with van der Waals surface area (Å²) in [7, 11) is 0. The Morgan fingerprint density at radius 3 is 2.93 bits per heavy atom. The van der Waals surface area contributed by atoms with Crippen LogP contribution in [-0.2, 0) is 4.79 Å². The van der Waals surface area contributed by atoms with Gasteiger partial charge in [-0.1, -0.05) is 6.92 Å². The number of aliphatic carboxylic acids is 1. The first-order chi connectivity index (χ1) is 7.11. The lowest BCUT2D eigenvalue weighted by molar-refractivity contribution is -0.148. The second-order valence-corrected chi connectivity index (χ2v) is 5.61. The van der Waals surface area contributed by atoms with Gasteiger partial charge < -0.3 is 5.11 Å². The number of carboxylic acid groups (broad SMARTS) is 1. The van der Waals surface area contributed by atoms with E-state index >= 15 is 0 Å². The van der Waals surface area contributed by atoms with Gasteiger partial charge in [-0.15, -0.1) is 0 Å². The molecule has 0 aromatic carbocycles. The van der Waals surface area contributed by atoms with Crippen molar-refractivity contribution in [3.8, 4) is 0 Å². The Hall–Kier alpha value is -0.220. The van der Waals surface area contributed by atoms with Crippen LogP contribution in [0.4, 0.5) is 0 Å². The van der Waals surface area contributed by atoms with Crippen molar-refractivity contribution >= 4 is 17.7 Å². The first kappa shape index (κ1) is 12.8. The highest BCUT2D eigenvalue weighted by molar-refractivity contribution is 7.99. The summed E-state index contributed by atoms with van der Waals surface area (Å²) in [6.45, 7) is 5.88. The SMILES string of the molecule is CCSCCCN1CCCC1(C)C(=O)O. The Kier molecular flexibility index (Phi) is 4.93. The summed E-state index contributed by atoms with van der Waals surface area (Å²) in [5.41, 5.74) is -0.600. The maximum atomic E-state index is 11.2. The lowest BCUT2D eigenvalue weighted by Gasteiger charge is -2.30.